The number of rotatable bonds is 3. The summed E-state index contributed by atoms with van der Waals surface area (Å²) >= 11 is 5.93. The molecule has 0 fully saturated rings. The van der Waals surface area contributed by atoms with Gasteiger partial charge in [0.25, 0.3) is 0 Å². The number of halogens is 1. The molecular formula is C19H12ClN3O. The van der Waals surface area contributed by atoms with E-state index < -0.39 is 0 Å². The lowest BCUT2D eigenvalue weighted by molar-refractivity contribution is 0.469. The summed E-state index contributed by atoms with van der Waals surface area (Å²) < 4.78 is 5.98. The molecule has 2 aromatic carbocycles. The summed E-state index contributed by atoms with van der Waals surface area (Å²) in [5.74, 6) is 1.78. The summed E-state index contributed by atoms with van der Waals surface area (Å²) in [6, 6.07) is 18.7. The number of ether oxygens (including phenoxy) is 1. The first-order valence-corrected chi connectivity index (χ1v) is 7.78. The van der Waals surface area contributed by atoms with Gasteiger partial charge in [0.15, 0.2) is 5.82 Å². The zero-order valence-corrected chi connectivity index (χ0v) is 13.3. The van der Waals surface area contributed by atoms with Crippen molar-refractivity contribution in [2.75, 3.05) is 0 Å². The highest BCUT2D eigenvalue weighted by Gasteiger charge is 2.11. The Morgan fingerprint density at radius 2 is 1.54 bits per heavy atom. The minimum atomic E-state index is 0.509. The molecule has 0 amide bonds. The molecule has 2 heterocycles. The van der Waals surface area contributed by atoms with Crippen LogP contribution in [0.1, 0.15) is 0 Å². The molecule has 0 aliphatic carbocycles. The van der Waals surface area contributed by atoms with Gasteiger partial charge in [-0.15, -0.1) is 0 Å². The molecule has 0 saturated heterocycles. The van der Waals surface area contributed by atoms with Gasteiger partial charge in [-0.05, 0) is 48.5 Å². The minimum Gasteiger partial charge on any atom is -0.438 e. The molecule has 0 radical (unpaired) electrons. The molecule has 4 nitrogen and oxygen atoms in total. The molecule has 0 bridgehead atoms. The number of fused-ring (bicyclic) bond motifs is 1. The molecule has 116 valence electrons. The average molecular weight is 334 g/mol. The minimum absolute atomic E-state index is 0.509. The van der Waals surface area contributed by atoms with Crippen LogP contribution in [-0.2, 0) is 0 Å². The fraction of sp³-hybridized carbons (Fsp3) is 0. The van der Waals surface area contributed by atoms with Crippen molar-refractivity contribution in [3.63, 3.8) is 0 Å². The van der Waals surface area contributed by atoms with Gasteiger partial charge >= 0.3 is 0 Å². The van der Waals surface area contributed by atoms with Gasteiger partial charge in [0.05, 0.1) is 10.9 Å². The van der Waals surface area contributed by atoms with E-state index in [9.17, 15) is 0 Å². The lowest BCUT2D eigenvalue weighted by Gasteiger charge is -2.10. The van der Waals surface area contributed by atoms with Crippen LogP contribution in [0, 0.1) is 0 Å². The Labute approximate surface area is 143 Å². The van der Waals surface area contributed by atoms with E-state index in [1.807, 2.05) is 48.5 Å². The summed E-state index contributed by atoms with van der Waals surface area (Å²) in [4.78, 5) is 13.2. The SMILES string of the molecule is Clc1ccc(Oc2nc(-c3ccncc3)nc3ccccc23)cc1. The van der Waals surface area contributed by atoms with Crippen LogP contribution in [0.15, 0.2) is 73.1 Å². The van der Waals surface area contributed by atoms with E-state index in [2.05, 4.69) is 15.0 Å². The third-order valence-electron chi connectivity index (χ3n) is 3.53. The van der Waals surface area contributed by atoms with Gasteiger partial charge in [-0.25, -0.2) is 4.98 Å². The summed E-state index contributed by atoms with van der Waals surface area (Å²) in [5.41, 5.74) is 1.71. The molecule has 0 aliphatic rings. The second-order valence-electron chi connectivity index (χ2n) is 5.16. The van der Waals surface area contributed by atoms with E-state index in [1.165, 1.54) is 0 Å². The summed E-state index contributed by atoms with van der Waals surface area (Å²) in [7, 11) is 0. The highest BCUT2D eigenvalue weighted by molar-refractivity contribution is 6.30. The van der Waals surface area contributed by atoms with Crippen LogP contribution < -0.4 is 4.74 Å². The van der Waals surface area contributed by atoms with Crippen LogP contribution >= 0.6 is 11.6 Å². The number of benzene rings is 2. The van der Waals surface area contributed by atoms with Crippen LogP contribution in [0.4, 0.5) is 0 Å². The fourth-order valence-corrected chi connectivity index (χ4v) is 2.50. The molecule has 2 aromatic heterocycles. The van der Waals surface area contributed by atoms with Crippen molar-refractivity contribution < 1.29 is 4.74 Å². The van der Waals surface area contributed by atoms with Crippen molar-refractivity contribution in [3.8, 4) is 23.0 Å². The topological polar surface area (TPSA) is 47.9 Å². The molecule has 0 N–H and O–H groups in total. The molecule has 0 aliphatic heterocycles. The normalized spacial score (nSPS) is 10.7. The second-order valence-corrected chi connectivity index (χ2v) is 5.60. The van der Waals surface area contributed by atoms with Crippen molar-refractivity contribution >= 4 is 22.5 Å². The monoisotopic (exact) mass is 333 g/mol. The smallest absolute Gasteiger partial charge is 0.230 e. The predicted octanol–water partition coefficient (Wildman–Crippen LogP) is 5.14. The van der Waals surface area contributed by atoms with E-state index in [1.54, 1.807) is 24.5 Å². The van der Waals surface area contributed by atoms with E-state index in [0.29, 0.717) is 22.5 Å². The third-order valence-corrected chi connectivity index (χ3v) is 3.79. The Bertz CT molecular complexity index is 988. The lowest BCUT2D eigenvalue weighted by atomic mass is 10.2. The van der Waals surface area contributed by atoms with Crippen LogP contribution in [0.5, 0.6) is 11.6 Å². The largest absolute Gasteiger partial charge is 0.438 e. The zero-order chi connectivity index (χ0) is 16.4. The van der Waals surface area contributed by atoms with Crippen molar-refractivity contribution in [2.45, 2.75) is 0 Å². The van der Waals surface area contributed by atoms with Gasteiger partial charge in [0.2, 0.25) is 5.88 Å². The maximum absolute atomic E-state index is 5.98. The number of hydrogen-bond acceptors (Lipinski definition) is 4. The lowest BCUT2D eigenvalue weighted by Crippen LogP contribution is -1.96. The first-order chi connectivity index (χ1) is 11.8. The number of hydrogen-bond donors (Lipinski definition) is 0. The Kier molecular flexibility index (Phi) is 3.81. The molecule has 4 aromatic rings. The highest BCUT2D eigenvalue weighted by atomic mass is 35.5. The van der Waals surface area contributed by atoms with Crippen molar-refractivity contribution in [1.82, 2.24) is 15.0 Å². The maximum atomic E-state index is 5.98. The molecule has 0 unspecified atom stereocenters. The number of para-hydroxylation sites is 1. The zero-order valence-electron chi connectivity index (χ0n) is 12.6. The molecule has 5 heteroatoms. The van der Waals surface area contributed by atoms with Crippen LogP contribution in [0.2, 0.25) is 5.02 Å². The quantitative estimate of drug-likeness (QED) is 0.521. The molecular weight excluding hydrogens is 322 g/mol. The molecule has 0 saturated carbocycles. The predicted molar refractivity (Wildman–Crippen MR) is 94.3 cm³/mol. The van der Waals surface area contributed by atoms with Gasteiger partial charge in [0.1, 0.15) is 5.75 Å². The van der Waals surface area contributed by atoms with Gasteiger partial charge in [0, 0.05) is 23.0 Å². The van der Waals surface area contributed by atoms with Crippen LogP contribution in [0.3, 0.4) is 0 Å². The first-order valence-electron chi connectivity index (χ1n) is 7.40. The third kappa shape index (κ3) is 2.92. The van der Waals surface area contributed by atoms with E-state index in [0.717, 1.165) is 16.5 Å². The molecule has 0 spiro atoms. The highest BCUT2D eigenvalue weighted by Crippen LogP contribution is 2.30. The Balaban J connectivity index is 1.85. The Morgan fingerprint density at radius 1 is 0.792 bits per heavy atom. The Hall–Kier alpha value is -2.98. The summed E-state index contributed by atoms with van der Waals surface area (Å²) in [6.07, 6.45) is 3.43. The van der Waals surface area contributed by atoms with Crippen LogP contribution in [-0.4, -0.2) is 15.0 Å². The van der Waals surface area contributed by atoms with E-state index in [4.69, 9.17) is 16.3 Å². The van der Waals surface area contributed by atoms with Crippen molar-refractivity contribution in [3.05, 3.63) is 78.1 Å². The molecule has 0 atom stereocenters. The van der Waals surface area contributed by atoms with E-state index in [-0.39, 0.29) is 0 Å². The summed E-state index contributed by atoms with van der Waals surface area (Å²) in [5, 5.41) is 1.51. The number of pyridine rings is 1. The summed E-state index contributed by atoms with van der Waals surface area (Å²) in [6.45, 7) is 0. The van der Waals surface area contributed by atoms with Gasteiger partial charge in [-0.2, -0.15) is 4.98 Å². The van der Waals surface area contributed by atoms with Crippen LogP contribution in [0.25, 0.3) is 22.3 Å². The standard InChI is InChI=1S/C19H12ClN3O/c20-14-5-7-15(8-6-14)24-19-16-3-1-2-4-17(16)22-18(23-19)13-9-11-21-12-10-13/h1-12H. The van der Waals surface area contributed by atoms with Crippen molar-refractivity contribution in [1.29, 1.82) is 0 Å². The second kappa shape index (κ2) is 6.26. The average Bonchev–Trinajstić information content (AvgIpc) is 2.64. The number of nitrogens with zero attached hydrogens (tertiary/aromatic N) is 3. The van der Waals surface area contributed by atoms with Gasteiger partial charge in [-0.3, -0.25) is 4.98 Å². The Morgan fingerprint density at radius 3 is 2.33 bits per heavy atom. The van der Waals surface area contributed by atoms with Gasteiger partial charge in [-0.1, -0.05) is 23.7 Å². The molecule has 24 heavy (non-hydrogen) atoms. The van der Waals surface area contributed by atoms with Gasteiger partial charge < -0.3 is 4.74 Å². The maximum Gasteiger partial charge on any atom is 0.230 e. The molecule has 4 rings (SSSR count). The first kappa shape index (κ1) is 14.6. The number of aromatic nitrogens is 3. The fourth-order valence-electron chi connectivity index (χ4n) is 2.37. The van der Waals surface area contributed by atoms with E-state index >= 15 is 0 Å². The van der Waals surface area contributed by atoms with Crippen molar-refractivity contribution in [2.24, 2.45) is 0 Å².